The van der Waals surface area contributed by atoms with E-state index >= 15 is 0 Å². The molecule has 2 aromatic rings. The number of hydrogen-bond donors (Lipinski definition) is 3. The molecule has 0 radical (unpaired) electrons. The van der Waals surface area contributed by atoms with Gasteiger partial charge in [0, 0.05) is 18.7 Å². The summed E-state index contributed by atoms with van der Waals surface area (Å²) in [6, 6.07) is 8.00. The molecule has 1 heterocycles. The van der Waals surface area contributed by atoms with Crippen LogP contribution < -0.4 is 20.3 Å². The summed E-state index contributed by atoms with van der Waals surface area (Å²) in [5.74, 6) is 0.603. The molecule has 0 aliphatic heterocycles. The first-order valence-corrected chi connectivity index (χ1v) is 8.13. The summed E-state index contributed by atoms with van der Waals surface area (Å²) >= 11 is 0. The van der Waals surface area contributed by atoms with Crippen molar-refractivity contribution >= 4 is 5.91 Å². The van der Waals surface area contributed by atoms with E-state index < -0.39 is 11.5 Å². The highest BCUT2D eigenvalue weighted by Gasteiger charge is 2.09. The van der Waals surface area contributed by atoms with E-state index in [0.717, 1.165) is 11.6 Å². The number of H-pyrrole nitrogens is 1. The minimum absolute atomic E-state index is 0.114. The number of amides is 1. The molecule has 0 fully saturated rings. The highest BCUT2D eigenvalue weighted by atomic mass is 16.5. The number of aromatic amines is 1. The zero-order valence-electron chi connectivity index (χ0n) is 14.3. The summed E-state index contributed by atoms with van der Waals surface area (Å²) < 4.78 is 11.1. The van der Waals surface area contributed by atoms with Crippen LogP contribution in [0.2, 0.25) is 0 Å². The second kappa shape index (κ2) is 8.77. The molecule has 1 amide bonds. The molecule has 3 N–H and O–H groups in total. The Bertz CT molecular complexity index is 785. The number of nitrogens with one attached hydrogen (secondary N) is 2. The van der Waals surface area contributed by atoms with Gasteiger partial charge in [-0.2, -0.15) is 0 Å². The number of aromatic hydroxyl groups is 1. The van der Waals surface area contributed by atoms with Crippen molar-refractivity contribution in [2.75, 3.05) is 19.8 Å². The van der Waals surface area contributed by atoms with Crippen LogP contribution in [0.15, 0.2) is 35.1 Å². The Balaban J connectivity index is 1.97. The van der Waals surface area contributed by atoms with Crippen LogP contribution in [0.4, 0.5) is 0 Å². The number of benzene rings is 1. The lowest BCUT2D eigenvalue weighted by Crippen LogP contribution is -2.26. The number of rotatable bonds is 8. The molecule has 0 bridgehead atoms. The van der Waals surface area contributed by atoms with Gasteiger partial charge < -0.3 is 19.9 Å². The van der Waals surface area contributed by atoms with Gasteiger partial charge in [-0.1, -0.05) is 6.07 Å². The van der Waals surface area contributed by atoms with Crippen molar-refractivity contribution in [2.45, 2.75) is 20.3 Å². The SMILES string of the molecule is CCOc1ccc(CCNC(=O)c2cc(O)[nH]c(=O)c2)cc1OCC. The monoisotopic (exact) mass is 346 g/mol. The first kappa shape index (κ1) is 18.4. The summed E-state index contributed by atoms with van der Waals surface area (Å²) in [6.45, 7) is 5.28. The molecular weight excluding hydrogens is 324 g/mol. The molecule has 0 saturated heterocycles. The molecule has 25 heavy (non-hydrogen) atoms. The van der Waals surface area contributed by atoms with E-state index in [0.29, 0.717) is 37.7 Å². The number of pyridine rings is 1. The van der Waals surface area contributed by atoms with Gasteiger partial charge in [0.25, 0.3) is 11.5 Å². The zero-order chi connectivity index (χ0) is 18.2. The van der Waals surface area contributed by atoms with Gasteiger partial charge in [-0.05, 0) is 38.0 Å². The van der Waals surface area contributed by atoms with Crippen LogP contribution >= 0.6 is 0 Å². The Hall–Kier alpha value is -2.96. The van der Waals surface area contributed by atoms with E-state index in [1.54, 1.807) is 0 Å². The Kier molecular flexibility index (Phi) is 6.45. The van der Waals surface area contributed by atoms with E-state index in [2.05, 4.69) is 10.3 Å². The van der Waals surface area contributed by atoms with Gasteiger partial charge in [0.15, 0.2) is 17.4 Å². The molecule has 7 heteroatoms. The zero-order valence-corrected chi connectivity index (χ0v) is 14.3. The van der Waals surface area contributed by atoms with Crippen molar-refractivity contribution in [3.8, 4) is 17.4 Å². The fraction of sp³-hybridized carbons (Fsp3) is 0.333. The third-order valence-corrected chi connectivity index (χ3v) is 3.40. The molecular formula is C18H22N2O5. The maximum Gasteiger partial charge on any atom is 0.251 e. The smallest absolute Gasteiger partial charge is 0.251 e. The maximum atomic E-state index is 12.0. The minimum atomic E-state index is -0.530. The van der Waals surface area contributed by atoms with Crippen LogP contribution in [0.5, 0.6) is 17.4 Å². The van der Waals surface area contributed by atoms with Crippen LogP contribution in [0.25, 0.3) is 0 Å². The third kappa shape index (κ3) is 5.27. The second-order valence-electron chi connectivity index (χ2n) is 5.27. The highest BCUT2D eigenvalue weighted by molar-refractivity contribution is 5.94. The van der Waals surface area contributed by atoms with Gasteiger partial charge in [-0.15, -0.1) is 0 Å². The number of ether oxygens (including phenoxy) is 2. The Labute approximate surface area is 145 Å². The van der Waals surface area contributed by atoms with Crippen molar-refractivity contribution in [1.82, 2.24) is 10.3 Å². The summed E-state index contributed by atoms with van der Waals surface area (Å²) in [4.78, 5) is 25.5. The van der Waals surface area contributed by atoms with Gasteiger partial charge in [0.05, 0.1) is 18.8 Å². The first-order valence-electron chi connectivity index (χ1n) is 8.13. The van der Waals surface area contributed by atoms with E-state index in [1.165, 1.54) is 6.07 Å². The van der Waals surface area contributed by atoms with E-state index in [1.807, 2.05) is 32.0 Å². The average molecular weight is 346 g/mol. The number of carbonyl (C=O) groups is 1. The maximum absolute atomic E-state index is 12.0. The van der Waals surface area contributed by atoms with Crippen molar-refractivity contribution in [3.05, 3.63) is 51.8 Å². The van der Waals surface area contributed by atoms with Crippen molar-refractivity contribution in [1.29, 1.82) is 0 Å². The van der Waals surface area contributed by atoms with E-state index in [9.17, 15) is 14.7 Å². The van der Waals surface area contributed by atoms with Crippen molar-refractivity contribution < 1.29 is 19.4 Å². The minimum Gasteiger partial charge on any atom is -0.494 e. The average Bonchev–Trinajstić information content (AvgIpc) is 2.56. The second-order valence-corrected chi connectivity index (χ2v) is 5.27. The van der Waals surface area contributed by atoms with Gasteiger partial charge in [0.2, 0.25) is 0 Å². The molecule has 0 atom stereocenters. The molecule has 1 aromatic carbocycles. The van der Waals surface area contributed by atoms with Crippen LogP contribution in [-0.4, -0.2) is 35.8 Å². The molecule has 0 aliphatic carbocycles. The lowest BCUT2D eigenvalue weighted by molar-refractivity contribution is 0.0953. The number of aromatic nitrogens is 1. The topological polar surface area (TPSA) is 101 Å². The summed E-state index contributed by atoms with van der Waals surface area (Å²) in [7, 11) is 0. The summed E-state index contributed by atoms with van der Waals surface area (Å²) in [5, 5.41) is 12.1. The Morgan fingerprint density at radius 1 is 1.12 bits per heavy atom. The van der Waals surface area contributed by atoms with Crippen LogP contribution in [0.3, 0.4) is 0 Å². The molecule has 0 saturated carbocycles. The molecule has 0 aliphatic rings. The van der Waals surface area contributed by atoms with Crippen LogP contribution in [0, 0.1) is 0 Å². The van der Waals surface area contributed by atoms with E-state index in [-0.39, 0.29) is 11.4 Å². The van der Waals surface area contributed by atoms with Crippen LogP contribution in [-0.2, 0) is 6.42 Å². The fourth-order valence-corrected chi connectivity index (χ4v) is 2.33. The molecule has 2 rings (SSSR count). The Morgan fingerprint density at radius 3 is 2.52 bits per heavy atom. The quantitative estimate of drug-likeness (QED) is 0.677. The predicted molar refractivity (Wildman–Crippen MR) is 93.5 cm³/mol. The Morgan fingerprint density at radius 2 is 1.84 bits per heavy atom. The molecule has 0 unspecified atom stereocenters. The molecule has 134 valence electrons. The van der Waals surface area contributed by atoms with Gasteiger partial charge >= 0.3 is 0 Å². The van der Waals surface area contributed by atoms with Crippen molar-refractivity contribution in [2.24, 2.45) is 0 Å². The van der Waals surface area contributed by atoms with Gasteiger partial charge in [-0.25, -0.2) is 0 Å². The van der Waals surface area contributed by atoms with Gasteiger partial charge in [-0.3, -0.25) is 14.6 Å². The summed E-state index contributed by atoms with van der Waals surface area (Å²) in [5.41, 5.74) is 0.571. The van der Waals surface area contributed by atoms with Gasteiger partial charge in [0.1, 0.15) is 0 Å². The summed E-state index contributed by atoms with van der Waals surface area (Å²) in [6.07, 6.45) is 0.591. The molecule has 0 spiro atoms. The predicted octanol–water partition coefficient (Wildman–Crippen LogP) is 1.85. The van der Waals surface area contributed by atoms with Crippen molar-refractivity contribution in [3.63, 3.8) is 0 Å². The third-order valence-electron chi connectivity index (χ3n) is 3.40. The standard InChI is InChI=1S/C18H22N2O5/c1-3-24-14-6-5-12(9-15(14)25-4-2)7-8-19-18(23)13-10-16(21)20-17(22)11-13/h5-6,9-11H,3-4,7-8H2,1-2H3,(H,19,23)(H2,20,21,22). The lowest BCUT2D eigenvalue weighted by Gasteiger charge is -2.12. The fourth-order valence-electron chi connectivity index (χ4n) is 2.33. The molecule has 1 aromatic heterocycles. The number of hydrogen-bond acceptors (Lipinski definition) is 5. The first-order chi connectivity index (χ1) is 12.0. The lowest BCUT2D eigenvalue weighted by atomic mass is 10.1. The highest BCUT2D eigenvalue weighted by Crippen LogP contribution is 2.28. The largest absolute Gasteiger partial charge is 0.494 e. The normalized spacial score (nSPS) is 10.3. The van der Waals surface area contributed by atoms with Crippen LogP contribution in [0.1, 0.15) is 29.8 Å². The number of carbonyl (C=O) groups excluding carboxylic acids is 1. The van der Waals surface area contributed by atoms with E-state index in [4.69, 9.17) is 9.47 Å². The molecule has 7 nitrogen and oxygen atoms in total.